The number of hydrogen-bond acceptors (Lipinski definition) is 3. The maximum atomic E-state index is 12.0. The van der Waals surface area contributed by atoms with Gasteiger partial charge in [-0.15, -0.1) is 0 Å². The summed E-state index contributed by atoms with van der Waals surface area (Å²) in [6.45, 7) is 0. The van der Waals surface area contributed by atoms with Gasteiger partial charge in [0.2, 0.25) is 0 Å². The normalized spacial score (nSPS) is 10.7. The molecule has 1 amide bonds. The molecule has 22 heavy (non-hydrogen) atoms. The third kappa shape index (κ3) is 3.68. The summed E-state index contributed by atoms with van der Waals surface area (Å²) in [4.78, 5) is 16.3. The van der Waals surface area contributed by atoms with Gasteiger partial charge in [-0.1, -0.05) is 24.3 Å². The molecule has 0 spiro atoms. The van der Waals surface area contributed by atoms with Crippen LogP contribution in [0.4, 0.5) is 5.69 Å². The number of anilines is 1. The Morgan fingerprint density at radius 3 is 2.82 bits per heavy atom. The molecule has 108 valence electrons. The summed E-state index contributed by atoms with van der Waals surface area (Å²) < 4.78 is 0. The van der Waals surface area contributed by atoms with Gasteiger partial charge in [-0.2, -0.15) is 11.3 Å². The Labute approximate surface area is 133 Å². The number of nitrogens with zero attached hydrogens (tertiary/aromatic N) is 1. The fraction of sp³-hybridized carbons (Fsp3) is 0. The summed E-state index contributed by atoms with van der Waals surface area (Å²) in [6.07, 6.45) is 5.68. The summed E-state index contributed by atoms with van der Waals surface area (Å²) >= 11 is 1.51. The lowest BCUT2D eigenvalue weighted by atomic mass is 10.1. The van der Waals surface area contributed by atoms with Crippen molar-refractivity contribution in [3.05, 3.63) is 82.3 Å². The highest BCUT2D eigenvalue weighted by atomic mass is 32.1. The Morgan fingerprint density at radius 2 is 2.05 bits per heavy atom. The van der Waals surface area contributed by atoms with E-state index in [1.807, 2.05) is 71.4 Å². The van der Waals surface area contributed by atoms with Gasteiger partial charge in [0.25, 0.3) is 5.91 Å². The van der Waals surface area contributed by atoms with Crippen LogP contribution in [0.5, 0.6) is 0 Å². The minimum Gasteiger partial charge on any atom is -0.322 e. The van der Waals surface area contributed by atoms with Gasteiger partial charge in [-0.05, 0) is 47.4 Å². The van der Waals surface area contributed by atoms with Crippen molar-refractivity contribution < 1.29 is 4.79 Å². The third-order valence-corrected chi connectivity index (χ3v) is 3.75. The lowest BCUT2D eigenvalue weighted by molar-refractivity contribution is 0.102. The predicted octanol–water partition coefficient (Wildman–Crippen LogP) is 4.57. The van der Waals surface area contributed by atoms with Gasteiger partial charge in [0.05, 0.1) is 11.3 Å². The van der Waals surface area contributed by atoms with Gasteiger partial charge in [0.15, 0.2) is 0 Å². The minimum absolute atomic E-state index is 0.0906. The summed E-state index contributed by atoms with van der Waals surface area (Å²) in [5, 5.41) is 6.62. The molecule has 4 heteroatoms. The molecule has 0 unspecified atom stereocenters. The molecule has 0 aliphatic rings. The van der Waals surface area contributed by atoms with Crippen molar-refractivity contribution in [2.75, 3.05) is 5.32 Å². The van der Waals surface area contributed by atoms with Crippen molar-refractivity contribution in [3.8, 4) is 0 Å². The molecule has 2 aromatic heterocycles. The number of thiophene rings is 1. The number of amides is 1. The Hall–Kier alpha value is -2.72. The minimum atomic E-state index is -0.0906. The first-order chi connectivity index (χ1) is 10.8. The third-order valence-electron chi connectivity index (χ3n) is 3.06. The molecule has 0 fully saturated rings. The first-order valence-corrected chi connectivity index (χ1v) is 7.78. The molecule has 0 atom stereocenters. The Morgan fingerprint density at radius 1 is 1.09 bits per heavy atom. The van der Waals surface area contributed by atoms with Crippen molar-refractivity contribution in [1.82, 2.24) is 4.98 Å². The Bertz CT molecular complexity index is 780. The second-order valence-corrected chi connectivity index (χ2v) is 5.46. The zero-order valence-electron chi connectivity index (χ0n) is 11.8. The smallest absolute Gasteiger partial charge is 0.256 e. The summed E-state index contributed by atoms with van der Waals surface area (Å²) in [5.74, 6) is -0.0906. The van der Waals surface area contributed by atoms with Gasteiger partial charge < -0.3 is 5.32 Å². The quantitative estimate of drug-likeness (QED) is 0.767. The highest BCUT2D eigenvalue weighted by Crippen LogP contribution is 2.15. The van der Waals surface area contributed by atoms with Crippen LogP contribution >= 0.6 is 11.3 Å². The molecule has 2 heterocycles. The lowest BCUT2D eigenvalue weighted by Crippen LogP contribution is -2.10. The fourth-order valence-electron chi connectivity index (χ4n) is 1.97. The van der Waals surface area contributed by atoms with Crippen LogP contribution < -0.4 is 5.32 Å². The molecular formula is C18H14N2OS. The number of hydrogen-bond donors (Lipinski definition) is 1. The van der Waals surface area contributed by atoms with E-state index in [4.69, 9.17) is 0 Å². The lowest BCUT2D eigenvalue weighted by Gasteiger charge is -2.04. The monoisotopic (exact) mass is 306 g/mol. The van der Waals surface area contributed by atoms with Crippen molar-refractivity contribution in [1.29, 1.82) is 0 Å². The standard InChI is InChI=1S/C18H14N2OS/c21-18(15-9-11-22-13-15)20-17-6-3-4-14(12-17)7-8-16-5-1-2-10-19-16/h1-13H,(H,20,21)/b8-7+. The van der Waals surface area contributed by atoms with Crippen molar-refractivity contribution in [3.63, 3.8) is 0 Å². The number of carbonyl (C=O) groups is 1. The van der Waals surface area contributed by atoms with Crippen molar-refractivity contribution in [2.24, 2.45) is 0 Å². The molecular weight excluding hydrogens is 292 g/mol. The van der Waals surface area contributed by atoms with E-state index >= 15 is 0 Å². The summed E-state index contributed by atoms with van der Waals surface area (Å²) in [6, 6.07) is 15.3. The van der Waals surface area contributed by atoms with Gasteiger partial charge in [-0.25, -0.2) is 0 Å². The molecule has 0 saturated heterocycles. The maximum absolute atomic E-state index is 12.0. The molecule has 0 saturated carbocycles. The van der Waals surface area contributed by atoms with Crippen LogP contribution in [0, 0.1) is 0 Å². The Kier molecular flexibility index (Phi) is 4.41. The zero-order chi connectivity index (χ0) is 15.2. The van der Waals surface area contributed by atoms with E-state index in [1.165, 1.54) is 11.3 Å². The Balaban J connectivity index is 1.73. The summed E-state index contributed by atoms with van der Waals surface area (Å²) in [7, 11) is 0. The van der Waals surface area contributed by atoms with Crippen LogP contribution in [-0.2, 0) is 0 Å². The van der Waals surface area contributed by atoms with E-state index < -0.39 is 0 Å². The van der Waals surface area contributed by atoms with Crippen LogP contribution in [0.1, 0.15) is 21.6 Å². The SMILES string of the molecule is O=C(Nc1cccc(/C=C/c2ccccn2)c1)c1ccsc1. The number of aromatic nitrogens is 1. The molecule has 0 aliphatic heterocycles. The molecule has 3 nitrogen and oxygen atoms in total. The number of pyridine rings is 1. The highest BCUT2D eigenvalue weighted by molar-refractivity contribution is 7.08. The molecule has 3 rings (SSSR count). The maximum Gasteiger partial charge on any atom is 0.256 e. The fourth-order valence-corrected chi connectivity index (χ4v) is 2.61. The van der Waals surface area contributed by atoms with E-state index in [1.54, 1.807) is 6.20 Å². The van der Waals surface area contributed by atoms with Crippen LogP contribution in [0.15, 0.2) is 65.5 Å². The highest BCUT2D eigenvalue weighted by Gasteiger charge is 2.05. The average Bonchev–Trinajstić information content (AvgIpc) is 3.09. The topological polar surface area (TPSA) is 42.0 Å². The predicted molar refractivity (Wildman–Crippen MR) is 91.9 cm³/mol. The van der Waals surface area contributed by atoms with Crippen LogP contribution in [0.3, 0.4) is 0 Å². The van der Waals surface area contributed by atoms with Crippen LogP contribution in [0.2, 0.25) is 0 Å². The van der Waals surface area contributed by atoms with Gasteiger partial charge in [0.1, 0.15) is 0 Å². The van der Waals surface area contributed by atoms with Gasteiger partial charge in [0, 0.05) is 17.3 Å². The largest absolute Gasteiger partial charge is 0.322 e. The van der Waals surface area contributed by atoms with Gasteiger partial charge in [-0.3, -0.25) is 9.78 Å². The zero-order valence-corrected chi connectivity index (χ0v) is 12.6. The average molecular weight is 306 g/mol. The number of nitrogens with one attached hydrogen (secondary N) is 1. The van der Waals surface area contributed by atoms with E-state index in [0.717, 1.165) is 16.9 Å². The summed E-state index contributed by atoms with van der Waals surface area (Å²) in [5.41, 5.74) is 3.36. The molecule has 0 radical (unpaired) electrons. The van der Waals surface area contributed by atoms with E-state index in [9.17, 15) is 4.79 Å². The van der Waals surface area contributed by atoms with Gasteiger partial charge >= 0.3 is 0 Å². The molecule has 3 aromatic rings. The number of carbonyl (C=O) groups excluding carboxylic acids is 1. The second kappa shape index (κ2) is 6.83. The van der Waals surface area contributed by atoms with Crippen molar-refractivity contribution >= 4 is 35.1 Å². The second-order valence-electron chi connectivity index (χ2n) is 4.68. The number of benzene rings is 1. The number of rotatable bonds is 4. The first kappa shape index (κ1) is 14.2. The van der Waals surface area contributed by atoms with Crippen LogP contribution in [-0.4, -0.2) is 10.9 Å². The first-order valence-electron chi connectivity index (χ1n) is 6.84. The molecule has 1 N–H and O–H groups in total. The molecule has 0 aliphatic carbocycles. The van der Waals surface area contributed by atoms with E-state index in [-0.39, 0.29) is 5.91 Å². The van der Waals surface area contributed by atoms with E-state index in [0.29, 0.717) is 5.56 Å². The van der Waals surface area contributed by atoms with Crippen molar-refractivity contribution in [2.45, 2.75) is 0 Å². The van der Waals surface area contributed by atoms with Crippen LogP contribution in [0.25, 0.3) is 12.2 Å². The molecule has 1 aromatic carbocycles. The van der Waals surface area contributed by atoms with E-state index in [2.05, 4.69) is 10.3 Å². The molecule has 0 bridgehead atoms.